The zero-order chi connectivity index (χ0) is 11.6. The first-order valence-corrected chi connectivity index (χ1v) is 6.87. The highest BCUT2D eigenvalue weighted by Crippen LogP contribution is 2.41. The number of aliphatic hydroxyl groups excluding tert-OH is 1. The van der Waals surface area contributed by atoms with Crippen LogP contribution in [0.15, 0.2) is 12.1 Å². The number of halogens is 1. The number of thiophene rings is 1. The number of rotatable bonds is 5. The molecule has 4 heteroatoms. The molecule has 0 amide bonds. The molecule has 0 atom stereocenters. The van der Waals surface area contributed by atoms with Crippen LogP contribution in [-0.2, 0) is 6.54 Å². The van der Waals surface area contributed by atoms with Crippen LogP contribution < -0.4 is 0 Å². The van der Waals surface area contributed by atoms with Gasteiger partial charge in [0.1, 0.15) is 0 Å². The van der Waals surface area contributed by atoms with Crippen LogP contribution in [0.4, 0.5) is 0 Å². The van der Waals surface area contributed by atoms with E-state index in [0.29, 0.717) is 6.61 Å². The topological polar surface area (TPSA) is 23.5 Å². The number of nitrogens with zero attached hydrogens (tertiary/aromatic N) is 1. The fraction of sp³-hybridized carbons (Fsp3) is 0.667. The summed E-state index contributed by atoms with van der Waals surface area (Å²) in [6, 6.07) is 4.02. The van der Waals surface area contributed by atoms with Gasteiger partial charge in [-0.15, -0.1) is 11.3 Å². The zero-order valence-electron chi connectivity index (χ0n) is 9.58. The number of aliphatic hydroxyl groups is 1. The van der Waals surface area contributed by atoms with Crippen LogP contribution in [0.3, 0.4) is 0 Å². The minimum atomic E-state index is 0.176. The van der Waals surface area contributed by atoms with Crippen molar-refractivity contribution in [3.05, 3.63) is 21.3 Å². The zero-order valence-corrected chi connectivity index (χ0v) is 11.2. The summed E-state index contributed by atoms with van der Waals surface area (Å²) in [5.41, 5.74) is 0.176. The van der Waals surface area contributed by atoms with Crippen LogP contribution in [0.5, 0.6) is 0 Å². The Labute approximate surface area is 106 Å². The molecule has 2 nitrogen and oxygen atoms in total. The Hall–Kier alpha value is -0.0900. The highest BCUT2D eigenvalue weighted by molar-refractivity contribution is 7.16. The van der Waals surface area contributed by atoms with E-state index < -0.39 is 0 Å². The van der Waals surface area contributed by atoms with E-state index in [1.165, 1.54) is 24.1 Å². The van der Waals surface area contributed by atoms with Crippen LogP contribution in [0.2, 0.25) is 4.34 Å². The van der Waals surface area contributed by atoms with E-state index in [1.54, 1.807) is 11.3 Å². The van der Waals surface area contributed by atoms with Crippen LogP contribution >= 0.6 is 22.9 Å². The molecule has 0 aromatic carbocycles. The van der Waals surface area contributed by atoms with Gasteiger partial charge in [-0.05, 0) is 32.0 Å². The van der Waals surface area contributed by atoms with Crippen molar-refractivity contribution in [2.24, 2.45) is 5.41 Å². The van der Waals surface area contributed by atoms with Crippen molar-refractivity contribution in [1.82, 2.24) is 4.90 Å². The Morgan fingerprint density at radius 1 is 1.50 bits per heavy atom. The van der Waals surface area contributed by atoms with Gasteiger partial charge in [0, 0.05) is 30.0 Å². The second-order valence-corrected chi connectivity index (χ2v) is 6.69. The van der Waals surface area contributed by atoms with E-state index in [4.69, 9.17) is 11.6 Å². The quantitative estimate of drug-likeness (QED) is 0.879. The highest BCUT2D eigenvalue weighted by Gasteiger charge is 2.37. The smallest absolute Gasteiger partial charge is 0.0931 e. The Morgan fingerprint density at radius 2 is 2.25 bits per heavy atom. The molecule has 0 aliphatic heterocycles. The first-order chi connectivity index (χ1) is 7.63. The molecule has 0 bridgehead atoms. The van der Waals surface area contributed by atoms with Crippen molar-refractivity contribution in [1.29, 1.82) is 0 Å². The normalized spacial score (nSPS) is 18.8. The third kappa shape index (κ3) is 2.77. The van der Waals surface area contributed by atoms with Gasteiger partial charge in [0.05, 0.1) is 4.34 Å². The summed E-state index contributed by atoms with van der Waals surface area (Å²) in [6.45, 7) is 2.24. The Morgan fingerprint density at radius 3 is 2.69 bits per heavy atom. The summed E-state index contributed by atoms with van der Waals surface area (Å²) >= 11 is 7.54. The summed E-state index contributed by atoms with van der Waals surface area (Å²) < 4.78 is 0.851. The molecule has 0 unspecified atom stereocenters. The van der Waals surface area contributed by atoms with Gasteiger partial charge in [-0.1, -0.05) is 18.0 Å². The van der Waals surface area contributed by atoms with Gasteiger partial charge in [-0.2, -0.15) is 0 Å². The maximum atomic E-state index is 9.41. The Kier molecular flexibility index (Phi) is 3.90. The van der Waals surface area contributed by atoms with E-state index >= 15 is 0 Å². The van der Waals surface area contributed by atoms with Gasteiger partial charge < -0.3 is 10.0 Å². The van der Waals surface area contributed by atoms with Crippen molar-refractivity contribution in [2.45, 2.75) is 25.8 Å². The van der Waals surface area contributed by atoms with Crippen molar-refractivity contribution in [2.75, 3.05) is 20.2 Å². The van der Waals surface area contributed by atoms with Gasteiger partial charge in [0.25, 0.3) is 0 Å². The van der Waals surface area contributed by atoms with Crippen molar-refractivity contribution in [3.63, 3.8) is 0 Å². The molecule has 1 aliphatic rings. The number of hydrogen-bond donors (Lipinski definition) is 1. The molecule has 16 heavy (non-hydrogen) atoms. The minimum absolute atomic E-state index is 0.176. The fourth-order valence-corrected chi connectivity index (χ4v) is 3.54. The monoisotopic (exact) mass is 259 g/mol. The molecule has 1 aliphatic carbocycles. The van der Waals surface area contributed by atoms with Crippen molar-refractivity contribution >= 4 is 22.9 Å². The lowest BCUT2D eigenvalue weighted by molar-refractivity contribution is 0.0129. The molecule has 2 rings (SSSR count). The van der Waals surface area contributed by atoms with E-state index in [1.807, 2.05) is 6.07 Å². The Bertz CT molecular complexity index is 343. The van der Waals surface area contributed by atoms with Gasteiger partial charge >= 0.3 is 0 Å². The second-order valence-electron chi connectivity index (χ2n) is 4.89. The summed E-state index contributed by atoms with van der Waals surface area (Å²) in [5.74, 6) is 0. The van der Waals surface area contributed by atoms with Gasteiger partial charge in [-0.25, -0.2) is 0 Å². The SMILES string of the molecule is CN(Cc1ccc(Cl)s1)CC1(CO)CCC1. The van der Waals surface area contributed by atoms with Crippen LogP contribution in [0.25, 0.3) is 0 Å². The second kappa shape index (κ2) is 5.05. The molecule has 1 aromatic heterocycles. The summed E-state index contributed by atoms with van der Waals surface area (Å²) in [5, 5.41) is 9.41. The number of hydrogen-bond acceptors (Lipinski definition) is 3. The molecule has 0 radical (unpaired) electrons. The molecule has 1 saturated carbocycles. The maximum Gasteiger partial charge on any atom is 0.0931 e. The first-order valence-electron chi connectivity index (χ1n) is 5.67. The average molecular weight is 260 g/mol. The molecule has 90 valence electrons. The minimum Gasteiger partial charge on any atom is -0.396 e. The predicted molar refractivity (Wildman–Crippen MR) is 69.0 cm³/mol. The Balaban J connectivity index is 1.86. The lowest BCUT2D eigenvalue weighted by Crippen LogP contribution is -2.43. The van der Waals surface area contributed by atoms with E-state index in [2.05, 4.69) is 18.0 Å². The van der Waals surface area contributed by atoms with Crippen molar-refractivity contribution in [3.8, 4) is 0 Å². The van der Waals surface area contributed by atoms with Crippen LogP contribution in [-0.4, -0.2) is 30.2 Å². The standard InChI is InChI=1S/C12H18ClNOS/c1-14(7-10-3-4-11(13)16-10)8-12(9-15)5-2-6-12/h3-4,15H,2,5-9H2,1H3. The molecular weight excluding hydrogens is 242 g/mol. The van der Waals surface area contributed by atoms with Crippen LogP contribution in [0.1, 0.15) is 24.1 Å². The van der Waals surface area contributed by atoms with Gasteiger partial charge in [0.2, 0.25) is 0 Å². The molecule has 1 aromatic rings. The largest absolute Gasteiger partial charge is 0.396 e. The molecular formula is C12H18ClNOS. The summed E-state index contributed by atoms with van der Waals surface area (Å²) in [4.78, 5) is 3.58. The van der Waals surface area contributed by atoms with Crippen LogP contribution in [0, 0.1) is 5.41 Å². The molecule has 0 saturated heterocycles. The van der Waals surface area contributed by atoms with Crippen molar-refractivity contribution < 1.29 is 5.11 Å². The van der Waals surface area contributed by atoms with Gasteiger partial charge in [0.15, 0.2) is 0 Å². The lowest BCUT2D eigenvalue weighted by atomic mass is 9.69. The van der Waals surface area contributed by atoms with E-state index in [9.17, 15) is 5.11 Å². The molecule has 1 fully saturated rings. The lowest BCUT2D eigenvalue weighted by Gasteiger charge is -2.42. The summed E-state index contributed by atoms with van der Waals surface area (Å²) in [7, 11) is 2.11. The highest BCUT2D eigenvalue weighted by atomic mass is 35.5. The van der Waals surface area contributed by atoms with Gasteiger partial charge in [-0.3, -0.25) is 0 Å². The third-order valence-corrected chi connectivity index (χ3v) is 4.63. The molecule has 1 N–H and O–H groups in total. The van der Waals surface area contributed by atoms with E-state index in [-0.39, 0.29) is 5.41 Å². The average Bonchev–Trinajstić information content (AvgIpc) is 2.57. The first kappa shape index (κ1) is 12.4. The maximum absolute atomic E-state index is 9.41. The predicted octanol–water partition coefficient (Wildman–Crippen LogP) is 3.00. The van der Waals surface area contributed by atoms with E-state index in [0.717, 1.165) is 17.4 Å². The molecule has 1 heterocycles. The third-order valence-electron chi connectivity index (χ3n) is 3.41. The summed E-state index contributed by atoms with van der Waals surface area (Å²) in [6.07, 6.45) is 3.59. The molecule has 0 spiro atoms. The fourth-order valence-electron chi connectivity index (χ4n) is 2.37.